The normalized spacial score (nSPS) is 14.9. The van der Waals surface area contributed by atoms with Gasteiger partial charge in [-0.15, -0.1) is 6.58 Å². The summed E-state index contributed by atoms with van der Waals surface area (Å²) in [6.07, 6.45) is 4.10. The van der Waals surface area contributed by atoms with Crippen LogP contribution in [0.5, 0.6) is 0 Å². The number of nitrogens with one attached hydrogen (secondary N) is 3. The number of carbonyl (C=O) groups excluding carboxylic acids is 3. The number of thioether (sulfide) groups is 1. The van der Waals surface area contributed by atoms with Crippen LogP contribution in [0, 0.1) is 17.8 Å². The van der Waals surface area contributed by atoms with Gasteiger partial charge in [0.05, 0.1) is 11.8 Å². The predicted octanol–water partition coefficient (Wildman–Crippen LogP) is 1.72. The highest BCUT2D eigenvalue weighted by Gasteiger charge is 2.39. The Bertz CT molecular complexity index is 509. The van der Waals surface area contributed by atoms with Crippen molar-refractivity contribution in [3.8, 4) is 0 Å². The molecule has 0 heterocycles. The van der Waals surface area contributed by atoms with Crippen molar-refractivity contribution in [1.29, 1.82) is 0 Å². The smallest absolute Gasteiger partial charge is 0.247 e. The molecule has 0 aromatic rings. The van der Waals surface area contributed by atoms with Gasteiger partial charge in [-0.2, -0.15) is 11.8 Å². The van der Waals surface area contributed by atoms with Crippen LogP contribution in [-0.4, -0.2) is 47.0 Å². The highest BCUT2D eigenvalue weighted by atomic mass is 32.2. The van der Waals surface area contributed by atoms with Crippen molar-refractivity contribution in [3.63, 3.8) is 0 Å². The minimum absolute atomic E-state index is 0.150. The quantitative estimate of drug-likeness (QED) is 0.245. The van der Waals surface area contributed by atoms with Crippen LogP contribution in [0.25, 0.3) is 0 Å². The summed E-state index contributed by atoms with van der Waals surface area (Å²) in [7, 11) is 1.52. The second-order valence-electron chi connectivity index (χ2n) is 7.21. The summed E-state index contributed by atoms with van der Waals surface area (Å²) in [5.41, 5.74) is 1.64. The van der Waals surface area contributed by atoms with Crippen molar-refractivity contribution in [2.45, 2.75) is 51.3 Å². The lowest BCUT2D eigenvalue weighted by Crippen LogP contribution is -2.57. The lowest BCUT2D eigenvalue weighted by atomic mass is 9.81. The Kier molecular flexibility index (Phi) is 10.6. The molecule has 3 amide bonds. The van der Waals surface area contributed by atoms with Crippen LogP contribution in [0.4, 0.5) is 0 Å². The molecular formula is C18H33N3O4S. The minimum Gasteiger partial charge on any atom is -0.357 e. The third kappa shape index (κ3) is 6.99. The molecule has 3 unspecified atom stereocenters. The first-order valence-electron chi connectivity index (χ1n) is 8.67. The monoisotopic (exact) mass is 387 g/mol. The van der Waals surface area contributed by atoms with E-state index in [2.05, 4.69) is 17.2 Å². The second kappa shape index (κ2) is 11.2. The van der Waals surface area contributed by atoms with E-state index in [0.29, 0.717) is 6.42 Å². The molecule has 0 aromatic carbocycles. The van der Waals surface area contributed by atoms with Crippen LogP contribution in [0.3, 0.4) is 0 Å². The Labute approximate surface area is 160 Å². The fourth-order valence-electron chi connectivity index (χ4n) is 2.74. The maximum atomic E-state index is 13.0. The molecule has 0 aliphatic rings. The summed E-state index contributed by atoms with van der Waals surface area (Å²) in [5, 5.41) is 14.4. The van der Waals surface area contributed by atoms with Crippen LogP contribution in [0.2, 0.25) is 0 Å². The van der Waals surface area contributed by atoms with Crippen molar-refractivity contribution < 1.29 is 19.6 Å². The standard InChI is InChI=1S/C18H33N3O4S/c1-8-9-12(16(23)21-25)13(10-11(2)3)15(22)20-14(17(24)19-6)18(4,5)26-7/h8,11-14,25H,1,9-10H2,2-7H3,(H,19,24)(H,20,22)(H,21,23). The van der Waals surface area contributed by atoms with Gasteiger partial charge in [-0.1, -0.05) is 19.9 Å². The summed E-state index contributed by atoms with van der Waals surface area (Å²) in [5.74, 6) is -2.62. The highest BCUT2D eigenvalue weighted by molar-refractivity contribution is 8.00. The van der Waals surface area contributed by atoms with E-state index in [1.165, 1.54) is 18.8 Å². The molecule has 4 N–H and O–H groups in total. The first-order chi connectivity index (χ1) is 12.0. The fraction of sp³-hybridized carbons (Fsp3) is 0.722. The third-order valence-electron chi connectivity index (χ3n) is 4.43. The molecule has 0 fully saturated rings. The summed E-state index contributed by atoms with van der Waals surface area (Å²) < 4.78 is -0.536. The van der Waals surface area contributed by atoms with E-state index in [1.54, 1.807) is 11.6 Å². The van der Waals surface area contributed by atoms with Gasteiger partial charge in [0.1, 0.15) is 6.04 Å². The molecule has 0 aromatic heterocycles. The molecule has 0 saturated carbocycles. The van der Waals surface area contributed by atoms with Gasteiger partial charge in [-0.25, -0.2) is 5.48 Å². The van der Waals surface area contributed by atoms with Crippen molar-refractivity contribution in [1.82, 2.24) is 16.1 Å². The molecule has 150 valence electrons. The van der Waals surface area contributed by atoms with Crippen LogP contribution < -0.4 is 16.1 Å². The molecule has 0 radical (unpaired) electrons. The average molecular weight is 388 g/mol. The van der Waals surface area contributed by atoms with Crippen molar-refractivity contribution >= 4 is 29.5 Å². The largest absolute Gasteiger partial charge is 0.357 e. The first-order valence-corrected chi connectivity index (χ1v) is 9.90. The van der Waals surface area contributed by atoms with Gasteiger partial charge in [-0.05, 0) is 38.9 Å². The summed E-state index contributed by atoms with van der Waals surface area (Å²) in [6.45, 7) is 11.3. The number of hydroxylamine groups is 1. The summed E-state index contributed by atoms with van der Waals surface area (Å²) >= 11 is 1.46. The van der Waals surface area contributed by atoms with E-state index in [4.69, 9.17) is 5.21 Å². The van der Waals surface area contributed by atoms with E-state index in [-0.39, 0.29) is 24.2 Å². The number of likely N-dealkylation sites (N-methyl/N-ethyl adjacent to an activating group) is 1. The molecule has 0 spiro atoms. The first kappa shape index (κ1) is 24.5. The molecule has 7 nitrogen and oxygen atoms in total. The van der Waals surface area contributed by atoms with Crippen LogP contribution in [0.1, 0.15) is 40.5 Å². The lowest BCUT2D eigenvalue weighted by Gasteiger charge is -2.34. The lowest BCUT2D eigenvalue weighted by molar-refractivity contribution is -0.141. The maximum Gasteiger partial charge on any atom is 0.247 e. The molecule has 3 atom stereocenters. The molecular weight excluding hydrogens is 354 g/mol. The number of rotatable bonds is 11. The summed E-state index contributed by atoms with van der Waals surface area (Å²) in [6, 6.07) is -0.758. The Balaban J connectivity index is 5.72. The zero-order valence-electron chi connectivity index (χ0n) is 16.6. The van der Waals surface area contributed by atoms with E-state index >= 15 is 0 Å². The molecule has 0 rings (SSSR count). The van der Waals surface area contributed by atoms with E-state index in [1.807, 2.05) is 34.0 Å². The predicted molar refractivity (Wildman–Crippen MR) is 105 cm³/mol. The van der Waals surface area contributed by atoms with Crippen LogP contribution in [-0.2, 0) is 14.4 Å². The topological polar surface area (TPSA) is 108 Å². The zero-order chi connectivity index (χ0) is 20.5. The van der Waals surface area contributed by atoms with Gasteiger partial charge in [0.2, 0.25) is 17.7 Å². The number of hydrogen-bond donors (Lipinski definition) is 4. The van der Waals surface area contributed by atoms with Crippen molar-refractivity contribution in [2.24, 2.45) is 17.8 Å². The van der Waals surface area contributed by atoms with Gasteiger partial charge in [-0.3, -0.25) is 19.6 Å². The minimum atomic E-state index is -0.761. The Hall–Kier alpha value is -1.54. The molecule has 0 aliphatic carbocycles. The Morgan fingerprint density at radius 1 is 1.15 bits per heavy atom. The summed E-state index contributed by atoms with van der Waals surface area (Å²) in [4.78, 5) is 37.4. The number of carbonyl (C=O) groups is 3. The Morgan fingerprint density at radius 3 is 2.12 bits per heavy atom. The highest BCUT2D eigenvalue weighted by Crippen LogP contribution is 2.29. The van der Waals surface area contributed by atoms with Gasteiger partial charge in [0.15, 0.2) is 0 Å². The number of hydrogen-bond acceptors (Lipinski definition) is 5. The fourth-order valence-corrected chi connectivity index (χ4v) is 3.15. The van der Waals surface area contributed by atoms with Crippen LogP contribution in [0.15, 0.2) is 12.7 Å². The Morgan fingerprint density at radius 2 is 1.73 bits per heavy atom. The van der Waals surface area contributed by atoms with Gasteiger partial charge >= 0.3 is 0 Å². The molecule has 0 saturated heterocycles. The molecule has 8 heteroatoms. The zero-order valence-corrected chi connectivity index (χ0v) is 17.4. The third-order valence-corrected chi connectivity index (χ3v) is 5.72. The SMILES string of the molecule is C=CCC(C(=O)NO)C(CC(C)C)C(=O)NC(C(=O)NC)C(C)(C)SC. The van der Waals surface area contributed by atoms with Gasteiger partial charge < -0.3 is 10.6 Å². The maximum absolute atomic E-state index is 13.0. The van der Waals surface area contributed by atoms with Crippen LogP contribution >= 0.6 is 11.8 Å². The average Bonchev–Trinajstić information content (AvgIpc) is 2.60. The van der Waals surface area contributed by atoms with E-state index in [0.717, 1.165) is 0 Å². The van der Waals surface area contributed by atoms with Gasteiger partial charge in [0, 0.05) is 11.8 Å². The van der Waals surface area contributed by atoms with E-state index in [9.17, 15) is 14.4 Å². The number of allylic oxidation sites excluding steroid dienone is 1. The molecule has 0 bridgehead atoms. The molecule has 26 heavy (non-hydrogen) atoms. The van der Waals surface area contributed by atoms with Crippen molar-refractivity contribution in [2.75, 3.05) is 13.3 Å². The number of amides is 3. The van der Waals surface area contributed by atoms with E-state index < -0.39 is 28.5 Å². The second-order valence-corrected chi connectivity index (χ2v) is 8.67. The van der Waals surface area contributed by atoms with Gasteiger partial charge in [0.25, 0.3) is 0 Å². The van der Waals surface area contributed by atoms with Crippen molar-refractivity contribution in [3.05, 3.63) is 12.7 Å². The molecule has 0 aliphatic heterocycles.